The standard InChI is InChI=1S/C24H25N3O6/c1-13-9-15(10-14(2)22(13)33-8-7-27-19(28)5-6-20(27)29)23-25-17-11-16(31-3)12-18(32-4)21(17)24(30)26-23/h9-12H,5-8H2,1-4H3,(H,25,26,30). The van der Waals surface area contributed by atoms with Crippen molar-refractivity contribution >= 4 is 22.7 Å². The van der Waals surface area contributed by atoms with Crippen LogP contribution in [0.4, 0.5) is 0 Å². The second-order valence-electron chi connectivity index (χ2n) is 7.87. The van der Waals surface area contributed by atoms with E-state index < -0.39 is 0 Å². The molecule has 2 aromatic carbocycles. The Bertz CT molecular complexity index is 1270. The van der Waals surface area contributed by atoms with Gasteiger partial charge in [0.15, 0.2) is 0 Å². The molecule has 0 saturated carbocycles. The number of likely N-dealkylation sites (tertiary alicyclic amines) is 1. The van der Waals surface area contributed by atoms with Gasteiger partial charge < -0.3 is 19.2 Å². The highest BCUT2D eigenvalue weighted by Crippen LogP contribution is 2.31. The monoisotopic (exact) mass is 451 g/mol. The normalized spacial score (nSPS) is 13.6. The fraction of sp³-hybridized carbons (Fsp3) is 0.333. The summed E-state index contributed by atoms with van der Waals surface area (Å²) in [5, 5.41) is 0.349. The number of nitrogens with one attached hydrogen (secondary N) is 1. The number of H-pyrrole nitrogens is 1. The van der Waals surface area contributed by atoms with Gasteiger partial charge in [-0.2, -0.15) is 0 Å². The first-order chi connectivity index (χ1) is 15.8. The first kappa shape index (κ1) is 22.3. The van der Waals surface area contributed by atoms with E-state index in [2.05, 4.69) is 9.97 Å². The Hall–Kier alpha value is -3.88. The SMILES string of the molecule is COc1cc(OC)c2c(=O)[nH]c(-c3cc(C)c(OCCN4C(=O)CCC4=O)c(C)c3)nc2c1. The third-order valence-electron chi connectivity index (χ3n) is 5.65. The molecule has 2 heterocycles. The molecule has 4 rings (SSSR count). The molecule has 1 aromatic heterocycles. The van der Waals surface area contributed by atoms with E-state index in [0.29, 0.717) is 34.0 Å². The highest BCUT2D eigenvalue weighted by Gasteiger charge is 2.28. The number of carbonyl (C=O) groups excluding carboxylic acids is 2. The summed E-state index contributed by atoms with van der Waals surface area (Å²) in [6, 6.07) is 7.07. The number of fused-ring (bicyclic) bond motifs is 1. The number of hydrogen-bond acceptors (Lipinski definition) is 7. The van der Waals surface area contributed by atoms with Crippen LogP contribution in [-0.4, -0.2) is 54.1 Å². The molecular weight excluding hydrogens is 426 g/mol. The van der Waals surface area contributed by atoms with Crippen molar-refractivity contribution in [2.45, 2.75) is 26.7 Å². The van der Waals surface area contributed by atoms with Gasteiger partial charge in [-0.05, 0) is 37.1 Å². The maximum atomic E-state index is 12.8. The van der Waals surface area contributed by atoms with Crippen molar-refractivity contribution in [1.29, 1.82) is 0 Å². The molecule has 1 aliphatic rings. The molecular formula is C24H25N3O6. The number of aromatic amines is 1. The summed E-state index contributed by atoms with van der Waals surface area (Å²) in [6.07, 6.45) is 0.528. The van der Waals surface area contributed by atoms with Crippen molar-refractivity contribution in [3.05, 3.63) is 45.7 Å². The van der Waals surface area contributed by atoms with Crippen LogP contribution in [-0.2, 0) is 9.59 Å². The number of benzene rings is 2. The minimum Gasteiger partial charge on any atom is -0.497 e. The minimum absolute atomic E-state index is 0.160. The molecule has 9 heteroatoms. The Kier molecular flexibility index (Phi) is 6.04. The molecule has 1 fully saturated rings. The van der Waals surface area contributed by atoms with Crippen molar-refractivity contribution in [2.24, 2.45) is 0 Å². The minimum atomic E-state index is -0.315. The van der Waals surface area contributed by atoms with Crippen LogP contribution in [0.5, 0.6) is 17.2 Å². The molecule has 1 N–H and O–H groups in total. The van der Waals surface area contributed by atoms with Gasteiger partial charge in [0, 0.05) is 30.5 Å². The Labute approximate surface area is 190 Å². The zero-order valence-electron chi connectivity index (χ0n) is 19.0. The van der Waals surface area contributed by atoms with Gasteiger partial charge in [-0.1, -0.05) is 0 Å². The number of ether oxygens (including phenoxy) is 3. The average molecular weight is 451 g/mol. The quantitative estimate of drug-likeness (QED) is 0.550. The molecule has 3 aromatic rings. The van der Waals surface area contributed by atoms with Crippen LogP contribution in [0.1, 0.15) is 24.0 Å². The molecule has 9 nitrogen and oxygen atoms in total. The van der Waals surface area contributed by atoms with Gasteiger partial charge in [-0.15, -0.1) is 0 Å². The van der Waals surface area contributed by atoms with Crippen LogP contribution in [0, 0.1) is 13.8 Å². The fourth-order valence-electron chi connectivity index (χ4n) is 4.05. The topological polar surface area (TPSA) is 111 Å². The molecule has 0 radical (unpaired) electrons. The Morgan fingerprint density at radius 2 is 1.64 bits per heavy atom. The lowest BCUT2D eigenvalue weighted by molar-refractivity contribution is -0.138. The lowest BCUT2D eigenvalue weighted by Crippen LogP contribution is -2.33. The first-order valence-corrected chi connectivity index (χ1v) is 10.6. The van der Waals surface area contributed by atoms with Crippen LogP contribution >= 0.6 is 0 Å². The number of imide groups is 1. The van der Waals surface area contributed by atoms with E-state index in [1.807, 2.05) is 26.0 Å². The lowest BCUT2D eigenvalue weighted by Gasteiger charge is -2.17. The largest absolute Gasteiger partial charge is 0.497 e. The predicted octanol–water partition coefficient (Wildman–Crippen LogP) is 2.75. The summed E-state index contributed by atoms with van der Waals surface area (Å²) in [5.41, 5.74) is 2.55. The van der Waals surface area contributed by atoms with Gasteiger partial charge in [-0.3, -0.25) is 19.3 Å². The highest BCUT2D eigenvalue weighted by atomic mass is 16.5. The molecule has 172 valence electrons. The van der Waals surface area contributed by atoms with E-state index in [1.54, 1.807) is 12.1 Å². The van der Waals surface area contributed by atoms with Crippen molar-refractivity contribution in [3.8, 4) is 28.6 Å². The zero-order valence-corrected chi connectivity index (χ0v) is 19.0. The summed E-state index contributed by atoms with van der Waals surface area (Å²) in [7, 11) is 3.03. The maximum Gasteiger partial charge on any atom is 0.262 e. The van der Waals surface area contributed by atoms with Gasteiger partial charge in [0.2, 0.25) is 11.8 Å². The van der Waals surface area contributed by atoms with Crippen LogP contribution in [0.25, 0.3) is 22.3 Å². The smallest absolute Gasteiger partial charge is 0.262 e. The average Bonchev–Trinajstić information content (AvgIpc) is 3.11. The number of aryl methyl sites for hydroxylation is 2. The number of hydrogen-bond donors (Lipinski definition) is 1. The third kappa shape index (κ3) is 4.26. The Morgan fingerprint density at radius 3 is 2.24 bits per heavy atom. The molecule has 0 spiro atoms. The molecule has 0 unspecified atom stereocenters. The highest BCUT2D eigenvalue weighted by molar-refractivity contribution is 6.01. The summed E-state index contributed by atoms with van der Waals surface area (Å²) in [6.45, 7) is 4.22. The van der Waals surface area contributed by atoms with E-state index in [4.69, 9.17) is 14.2 Å². The summed E-state index contributed by atoms with van der Waals surface area (Å²) in [5.74, 6) is 1.68. The number of carbonyl (C=O) groups is 2. The lowest BCUT2D eigenvalue weighted by atomic mass is 10.0. The van der Waals surface area contributed by atoms with Crippen molar-refractivity contribution in [1.82, 2.24) is 14.9 Å². The van der Waals surface area contributed by atoms with E-state index in [1.165, 1.54) is 19.1 Å². The molecule has 1 saturated heterocycles. The second kappa shape index (κ2) is 8.93. The van der Waals surface area contributed by atoms with E-state index >= 15 is 0 Å². The molecule has 0 atom stereocenters. The third-order valence-corrected chi connectivity index (χ3v) is 5.65. The van der Waals surface area contributed by atoms with Gasteiger partial charge >= 0.3 is 0 Å². The van der Waals surface area contributed by atoms with Gasteiger partial charge in [-0.25, -0.2) is 4.98 Å². The van der Waals surface area contributed by atoms with Crippen LogP contribution in [0.15, 0.2) is 29.1 Å². The van der Waals surface area contributed by atoms with Crippen molar-refractivity contribution in [3.63, 3.8) is 0 Å². The van der Waals surface area contributed by atoms with Crippen LogP contribution in [0.3, 0.4) is 0 Å². The number of nitrogens with zero attached hydrogens (tertiary/aromatic N) is 2. The van der Waals surface area contributed by atoms with Crippen LogP contribution < -0.4 is 19.8 Å². The Morgan fingerprint density at radius 1 is 0.970 bits per heavy atom. The second-order valence-corrected chi connectivity index (χ2v) is 7.87. The molecule has 33 heavy (non-hydrogen) atoms. The summed E-state index contributed by atoms with van der Waals surface area (Å²) in [4.78, 5) is 45.0. The van der Waals surface area contributed by atoms with Crippen LogP contribution in [0.2, 0.25) is 0 Å². The summed E-state index contributed by atoms with van der Waals surface area (Å²) < 4.78 is 16.5. The van der Waals surface area contributed by atoms with Crippen molar-refractivity contribution in [2.75, 3.05) is 27.4 Å². The number of aromatic nitrogens is 2. The van der Waals surface area contributed by atoms with E-state index in [-0.39, 0.29) is 43.4 Å². The number of rotatable bonds is 7. The molecule has 0 bridgehead atoms. The molecule has 0 aliphatic carbocycles. The summed E-state index contributed by atoms with van der Waals surface area (Å²) >= 11 is 0. The zero-order chi connectivity index (χ0) is 23.7. The van der Waals surface area contributed by atoms with E-state index in [0.717, 1.165) is 16.7 Å². The van der Waals surface area contributed by atoms with Crippen molar-refractivity contribution < 1.29 is 23.8 Å². The molecule has 1 aliphatic heterocycles. The van der Waals surface area contributed by atoms with Gasteiger partial charge in [0.05, 0.1) is 26.3 Å². The molecule has 2 amide bonds. The van der Waals surface area contributed by atoms with Gasteiger partial charge in [0.1, 0.15) is 35.1 Å². The maximum absolute atomic E-state index is 12.8. The number of amides is 2. The predicted molar refractivity (Wildman–Crippen MR) is 122 cm³/mol. The first-order valence-electron chi connectivity index (χ1n) is 10.6. The van der Waals surface area contributed by atoms with Gasteiger partial charge in [0.25, 0.3) is 5.56 Å². The van der Waals surface area contributed by atoms with E-state index in [9.17, 15) is 14.4 Å². The fourth-order valence-corrected chi connectivity index (χ4v) is 4.05. The number of methoxy groups -OCH3 is 2. The Balaban J connectivity index is 1.63.